The first-order valence-corrected chi connectivity index (χ1v) is 12.9. The molecule has 6 rings (SSSR count). The Morgan fingerprint density at radius 1 is 1.00 bits per heavy atom. The van der Waals surface area contributed by atoms with E-state index in [1.807, 2.05) is 72.8 Å². The molecule has 0 unspecified atom stereocenters. The minimum atomic E-state index is -0.605. The molecule has 202 valence electrons. The van der Waals surface area contributed by atoms with E-state index in [0.29, 0.717) is 41.4 Å². The fourth-order valence-corrected chi connectivity index (χ4v) is 5.00. The van der Waals surface area contributed by atoms with Crippen molar-refractivity contribution in [2.75, 3.05) is 7.11 Å². The first kappa shape index (κ1) is 28.9. The molecule has 11 heteroatoms. The molecule has 0 spiro atoms. The average Bonchev–Trinajstić information content (AvgIpc) is 3.65. The van der Waals surface area contributed by atoms with Crippen LogP contribution in [0.4, 0.5) is 0 Å². The topological polar surface area (TPSA) is 120 Å². The maximum Gasteiger partial charge on any atom is 1.00 e. The number of aryl methyl sites for hydroxylation is 1. The Balaban J connectivity index is 0.00000202. The van der Waals surface area contributed by atoms with Gasteiger partial charge in [-0.1, -0.05) is 73.1 Å². The van der Waals surface area contributed by atoms with Gasteiger partial charge in [0.15, 0.2) is 5.82 Å². The molecule has 3 aromatic heterocycles. The van der Waals surface area contributed by atoms with E-state index in [1.165, 1.54) is 6.33 Å². The second kappa shape index (κ2) is 12.5. The summed E-state index contributed by atoms with van der Waals surface area (Å²) in [6.07, 6.45) is 3.43. The third-order valence-corrected chi connectivity index (χ3v) is 6.86. The number of hydrogen-bond donors (Lipinski definition) is 1. The molecule has 0 aliphatic carbocycles. The molecule has 0 bridgehead atoms. The van der Waals surface area contributed by atoms with Crippen molar-refractivity contribution in [3.8, 4) is 34.0 Å². The average molecular weight is 575 g/mol. The van der Waals surface area contributed by atoms with Gasteiger partial charge in [-0.15, -0.1) is 0 Å². The Morgan fingerprint density at radius 2 is 1.78 bits per heavy atom. The molecule has 0 aliphatic heterocycles. The third kappa shape index (κ3) is 5.63. The van der Waals surface area contributed by atoms with E-state index in [-0.39, 0.29) is 58.4 Å². The largest absolute Gasteiger partial charge is 1.00 e. The SMILES string of the molecule is CCCc1c(Cc2ccc(-c3ccccc3-c3noc(=O)[nH]3)cc2)c(=O)n(-c2cccc(OC)c2)c2ncnn12.[H-].[K+]. The Hall–Kier alpha value is -3.61. The predicted octanol–water partition coefficient (Wildman–Crippen LogP) is 1.56. The van der Waals surface area contributed by atoms with Gasteiger partial charge in [0.1, 0.15) is 12.1 Å². The van der Waals surface area contributed by atoms with E-state index in [0.717, 1.165) is 34.4 Å². The van der Waals surface area contributed by atoms with Crippen molar-refractivity contribution in [3.05, 3.63) is 117 Å². The van der Waals surface area contributed by atoms with E-state index in [9.17, 15) is 9.59 Å². The Kier molecular flexibility index (Phi) is 8.81. The van der Waals surface area contributed by atoms with Gasteiger partial charge in [0.05, 0.1) is 18.5 Å². The van der Waals surface area contributed by atoms with Gasteiger partial charge in [0, 0.05) is 23.6 Å². The second-order valence-electron chi connectivity index (χ2n) is 9.35. The minimum Gasteiger partial charge on any atom is -1.00 e. The molecule has 10 nitrogen and oxygen atoms in total. The van der Waals surface area contributed by atoms with Gasteiger partial charge in [-0.2, -0.15) is 10.1 Å². The number of fused-ring (bicyclic) bond motifs is 1. The number of benzene rings is 3. The molecule has 0 saturated heterocycles. The van der Waals surface area contributed by atoms with Gasteiger partial charge < -0.3 is 6.16 Å². The summed E-state index contributed by atoms with van der Waals surface area (Å²) >= 11 is 0. The normalized spacial score (nSPS) is 11.0. The summed E-state index contributed by atoms with van der Waals surface area (Å²) in [5.74, 6) is 0.871. The monoisotopic (exact) mass is 574 g/mol. The Bertz CT molecular complexity index is 1940. The summed E-state index contributed by atoms with van der Waals surface area (Å²) in [5, 5.41) is 8.32. The molecule has 0 saturated carbocycles. The van der Waals surface area contributed by atoms with E-state index in [1.54, 1.807) is 16.2 Å². The van der Waals surface area contributed by atoms with Crippen LogP contribution in [0.2, 0.25) is 0 Å². The van der Waals surface area contributed by atoms with Crippen LogP contribution in [0.1, 0.15) is 31.6 Å². The fraction of sp³-hybridized carbons (Fsp3) is 0.167. The molecule has 6 aromatic rings. The minimum absolute atomic E-state index is 0. The van der Waals surface area contributed by atoms with E-state index in [2.05, 4.69) is 27.1 Å². The van der Waals surface area contributed by atoms with Gasteiger partial charge in [0.2, 0.25) is 5.78 Å². The first-order valence-electron chi connectivity index (χ1n) is 12.9. The zero-order valence-electron chi connectivity index (χ0n) is 24.0. The second-order valence-corrected chi connectivity index (χ2v) is 9.35. The number of methoxy groups -OCH3 is 1. The molecular formula is C30H27KN6O4. The summed E-state index contributed by atoms with van der Waals surface area (Å²) in [5.41, 5.74) is 5.60. The fourth-order valence-electron chi connectivity index (χ4n) is 5.00. The number of rotatable bonds is 8. The number of ether oxygens (including phenoxy) is 1. The van der Waals surface area contributed by atoms with Crippen LogP contribution in [0.3, 0.4) is 0 Å². The Labute approximate surface area is 278 Å². The van der Waals surface area contributed by atoms with Crippen LogP contribution in [-0.4, -0.2) is 36.4 Å². The van der Waals surface area contributed by atoms with Crippen LogP contribution in [-0.2, 0) is 12.8 Å². The van der Waals surface area contributed by atoms with Crippen molar-refractivity contribution in [2.24, 2.45) is 0 Å². The zero-order valence-corrected chi connectivity index (χ0v) is 26.1. The van der Waals surface area contributed by atoms with Gasteiger partial charge in [0.25, 0.3) is 5.56 Å². The van der Waals surface area contributed by atoms with Gasteiger partial charge >= 0.3 is 57.1 Å². The molecule has 0 radical (unpaired) electrons. The van der Waals surface area contributed by atoms with Crippen molar-refractivity contribution in [3.63, 3.8) is 0 Å². The van der Waals surface area contributed by atoms with Crippen LogP contribution in [0.25, 0.3) is 34.0 Å². The number of H-pyrrole nitrogens is 1. The first-order chi connectivity index (χ1) is 19.6. The number of hydrogen-bond acceptors (Lipinski definition) is 7. The standard InChI is InChI=1S/C30H26N6O4.K.H/c1-3-7-26-25(28(37)35(29-31-18-32-36(26)29)21-8-6-9-22(17-21)39-2)16-19-12-14-20(15-13-19)23-10-4-5-11-24(23)27-33-30(38)40-34-27;;/h4-6,8-15,17-18H,3,7,16H2,1-2H3,(H,33,34,38);;/q;+1;-1. The summed E-state index contributed by atoms with van der Waals surface area (Å²) in [6, 6.07) is 23.0. The van der Waals surface area contributed by atoms with Crippen LogP contribution in [0.5, 0.6) is 5.75 Å². The third-order valence-electron chi connectivity index (χ3n) is 6.86. The van der Waals surface area contributed by atoms with Gasteiger partial charge in [-0.05, 0) is 35.2 Å². The molecule has 1 N–H and O–H groups in total. The summed E-state index contributed by atoms with van der Waals surface area (Å²) in [7, 11) is 1.59. The van der Waals surface area contributed by atoms with Crippen LogP contribution in [0.15, 0.2) is 93.2 Å². The predicted molar refractivity (Wildman–Crippen MR) is 151 cm³/mol. The van der Waals surface area contributed by atoms with Gasteiger partial charge in [-0.3, -0.25) is 14.3 Å². The summed E-state index contributed by atoms with van der Waals surface area (Å²) in [6.45, 7) is 2.08. The van der Waals surface area contributed by atoms with Gasteiger partial charge in [-0.25, -0.2) is 13.9 Å². The van der Waals surface area contributed by atoms with Crippen molar-refractivity contribution in [2.45, 2.75) is 26.2 Å². The maximum atomic E-state index is 14.1. The molecule has 3 aromatic carbocycles. The molecule has 0 amide bonds. The molecule has 0 fully saturated rings. The number of nitrogens with zero attached hydrogens (tertiary/aromatic N) is 5. The zero-order chi connectivity index (χ0) is 27.6. The number of nitrogens with one attached hydrogen (secondary N) is 1. The van der Waals surface area contributed by atoms with Crippen LogP contribution < -0.4 is 67.4 Å². The van der Waals surface area contributed by atoms with Crippen LogP contribution in [0, 0.1) is 0 Å². The van der Waals surface area contributed by atoms with Crippen molar-refractivity contribution in [1.29, 1.82) is 0 Å². The molecular weight excluding hydrogens is 547 g/mol. The summed E-state index contributed by atoms with van der Waals surface area (Å²) in [4.78, 5) is 32.6. The van der Waals surface area contributed by atoms with E-state index < -0.39 is 5.76 Å². The molecule has 41 heavy (non-hydrogen) atoms. The number of aromatic amines is 1. The van der Waals surface area contributed by atoms with Crippen molar-refractivity contribution < 1.29 is 62.1 Å². The molecule has 0 atom stereocenters. The van der Waals surface area contributed by atoms with Crippen LogP contribution >= 0.6 is 0 Å². The number of aromatic nitrogens is 6. The molecule has 3 heterocycles. The van der Waals surface area contributed by atoms with Crippen molar-refractivity contribution in [1.82, 2.24) is 29.3 Å². The van der Waals surface area contributed by atoms with Crippen molar-refractivity contribution >= 4 is 5.78 Å². The quantitative estimate of drug-likeness (QED) is 0.274. The summed E-state index contributed by atoms with van der Waals surface area (Å²) < 4.78 is 13.5. The van der Waals surface area contributed by atoms with E-state index in [4.69, 9.17) is 9.26 Å². The van der Waals surface area contributed by atoms with E-state index >= 15 is 0 Å². The molecule has 0 aliphatic rings. The Morgan fingerprint density at radius 3 is 2.49 bits per heavy atom. The maximum absolute atomic E-state index is 14.1. The smallest absolute Gasteiger partial charge is 1.00 e.